The number of hydrogen-bond donors (Lipinski definition) is 1. The van der Waals surface area contributed by atoms with Gasteiger partial charge < -0.3 is 14.6 Å². The van der Waals surface area contributed by atoms with E-state index in [0.717, 1.165) is 36.4 Å². The van der Waals surface area contributed by atoms with E-state index in [9.17, 15) is 32.9 Å². The van der Waals surface area contributed by atoms with Crippen LogP contribution >= 0.6 is 11.6 Å². The third kappa shape index (κ3) is 4.67. The van der Waals surface area contributed by atoms with E-state index in [0.29, 0.717) is 0 Å². The number of nitrogens with zero attached hydrogens (tertiary/aromatic N) is 1. The van der Waals surface area contributed by atoms with E-state index in [1.807, 2.05) is 0 Å². The molecule has 0 radical (unpaired) electrons. The standard InChI is InChI=1S/C16H11ClF3NO7/c17-15(6-2-1-3-12(15)16(18,19)20)28-9-4-5-11(21(25)26)10(7-9)14(24)27-13(23)8-22/h1-7,12,22H,8H2. The Morgan fingerprint density at radius 2 is 2.00 bits per heavy atom. The van der Waals surface area contributed by atoms with E-state index in [-0.39, 0.29) is 0 Å². The molecular weight excluding hydrogens is 411 g/mol. The number of nitro benzene ring substituents is 1. The van der Waals surface area contributed by atoms with Gasteiger partial charge in [-0.15, -0.1) is 0 Å². The summed E-state index contributed by atoms with van der Waals surface area (Å²) in [7, 11) is 0. The summed E-state index contributed by atoms with van der Waals surface area (Å²) in [5.74, 6) is -5.53. The second-order valence-corrected chi connectivity index (χ2v) is 6.01. The van der Waals surface area contributed by atoms with Gasteiger partial charge in [-0.2, -0.15) is 13.2 Å². The summed E-state index contributed by atoms with van der Waals surface area (Å²) < 4.78 is 49.1. The molecule has 2 unspecified atom stereocenters. The summed E-state index contributed by atoms with van der Waals surface area (Å²) in [5.41, 5.74) is -1.57. The van der Waals surface area contributed by atoms with Crippen LogP contribution in [-0.4, -0.2) is 39.8 Å². The van der Waals surface area contributed by atoms with Crippen LogP contribution in [0.5, 0.6) is 5.75 Å². The molecule has 1 aliphatic rings. The number of ether oxygens (including phenoxy) is 2. The Morgan fingerprint density at radius 1 is 1.32 bits per heavy atom. The zero-order valence-corrected chi connectivity index (χ0v) is 14.4. The molecule has 0 aliphatic heterocycles. The molecular formula is C16H11ClF3NO7. The number of allylic oxidation sites excluding steroid dienone is 2. The molecule has 0 fully saturated rings. The Hall–Kier alpha value is -2.92. The Kier molecular flexibility index (Phi) is 6.10. The quantitative estimate of drug-likeness (QED) is 0.255. The van der Waals surface area contributed by atoms with Crippen LogP contribution in [0.25, 0.3) is 0 Å². The fraction of sp³-hybridized carbons (Fsp3) is 0.250. The molecule has 0 aromatic heterocycles. The minimum absolute atomic E-state index is 0.418. The zero-order valence-electron chi connectivity index (χ0n) is 13.7. The van der Waals surface area contributed by atoms with Crippen LogP contribution in [0.15, 0.2) is 42.5 Å². The Labute approximate surface area is 159 Å². The van der Waals surface area contributed by atoms with Gasteiger partial charge in [0.15, 0.2) is 0 Å². The second-order valence-electron chi connectivity index (χ2n) is 5.42. The number of esters is 2. The minimum Gasteiger partial charge on any atom is -0.467 e. The van der Waals surface area contributed by atoms with E-state index in [2.05, 4.69) is 4.74 Å². The molecule has 0 saturated heterocycles. The normalized spacial score (nSPS) is 21.2. The Morgan fingerprint density at radius 3 is 2.57 bits per heavy atom. The van der Waals surface area contributed by atoms with Gasteiger partial charge in [0.25, 0.3) is 5.69 Å². The summed E-state index contributed by atoms with van der Waals surface area (Å²) in [5, 5.41) is 17.2. The number of rotatable bonds is 5. The lowest BCUT2D eigenvalue weighted by atomic mass is 9.96. The van der Waals surface area contributed by atoms with Crippen molar-refractivity contribution in [2.75, 3.05) is 6.61 Å². The highest BCUT2D eigenvalue weighted by molar-refractivity contribution is 6.25. The molecule has 0 saturated carbocycles. The number of benzene rings is 1. The van der Waals surface area contributed by atoms with E-state index in [1.165, 1.54) is 6.08 Å². The van der Waals surface area contributed by atoms with Crippen LogP contribution in [0.2, 0.25) is 0 Å². The van der Waals surface area contributed by atoms with Gasteiger partial charge in [0.05, 0.1) is 4.92 Å². The highest BCUT2D eigenvalue weighted by Gasteiger charge is 2.53. The van der Waals surface area contributed by atoms with Crippen molar-refractivity contribution in [1.29, 1.82) is 0 Å². The summed E-state index contributed by atoms with van der Waals surface area (Å²) in [6.07, 6.45) is -0.717. The lowest BCUT2D eigenvalue weighted by Gasteiger charge is -2.34. The maximum atomic E-state index is 13.2. The van der Waals surface area contributed by atoms with Crippen molar-refractivity contribution in [3.05, 3.63) is 58.2 Å². The summed E-state index contributed by atoms with van der Waals surface area (Å²) in [6.45, 7) is -1.16. The largest absolute Gasteiger partial charge is 0.467 e. The molecule has 0 spiro atoms. The van der Waals surface area contributed by atoms with E-state index >= 15 is 0 Å². The highest BCUT2D eigenvalue weighted by atomic mass is 35.5. The first-order valence-corrected chi connectivity index (χ1v) is 7.80. The van der Waals surface area contributed by atoms with Crippen molar-refractivity contribution in [3.8, 4) is 5.75 Å². The number of alkyl halides is 4. The van der Waals surface area contributed by atoms with Crippen molar-refractivity contribution >= 4 is 29.2 Å². The first-order valence-electron chi connectivity index (χ1n) is 7.43. The van der Waals surface area contributed by atoms with Gasteiger partial charge >= 0.3 is 18.1 Å². The monoisotopic (exact) mass is 421 g/mol. The predicted octanol–water partition coefficient (Wildman–Crippen LogP) is 2.89. The molecule has 1 aliphatic carbocycles. The van der Waals surface area contributed by atoms with Crippen molar-refractivity contribution in [2.45, 2.75) is 11.2 Å². The Bertz CT molecular complexity index is 868. The van der Waals surface area contributed by atoms with Crippen molar-refractivity contribution in [1.82, 2.24) is 0 Å². The summed E-state index contributed by atoms with van der Waals surface area (Å²) in [6, 6.07) is 2.43. The van der Waals surface area contributed by atoms with Gasteiger partial charge in [-0.25, -0.2) is 9.59 Å². The molecule has 0 amide bonds. The molecule has 150 valence electrons. The van der Waals surface area contributed by atoms with Gasteiger partial charge in [-0.05, 0) is 12.1 Å². The number of carbonyl (C=O) groups excluding carboxylic acids is 2. The molecule has 0 heterocycles. The fourth-order valence-electron chi connectivity index (χ4n) is 2.30. The molecule has 12 heteroatoms. The summed E-state index contributed by atoms with van der Waals surface area (Å²) in [4.78, 5) is 33.0. The smallest absolute Gasteiger partial charge is 0.400 e. The van der Waals surface area contributed by atoms with Crippen molar-refractivity contribution in [2.24, 2.45) is 5.92 Å². The van der Waals surface area contributed by atoms with Gasteiger partial charge in [0.2, 0.25) is 5.06 Å². The molecule has 2 rings (SSSR count). The van der Waals surface area contributed by atoms with Crippen LogP contribution in [0, 0.1) is 16.0 Å². The molecule has 1 aromatic rings. The maximum absolute atomic E-state index is 13.2. The number of nitro groups is 1. The average molecular weight is 422 g/mol. The third-order valence-corrected chi connectivity index (χ3v) is 3.95. The van der Waals surface area contributed by atoms with E-state index < -0.39 is 57.6 Å². The lowest BCUT2D eigenvalue weighted by Crippen LogP contribution is -2.44. The first-order chi connectivity index (χ1) is 13.0. The van der Waals surface area contributed by atoms with E-state index in [1.54, 1.807) is 0 Å². The van der Waals surface area contributed by atoms with Crippen molar-refractivity contribution < 1.29 is 42.3 Å². The van der Waals surface area contributed by atoms with Crippen LogP contribution < -0.4 is 4.74 Å². The van der Waals surface area contributed by atoms with Gasteiger partial charge in [-0.3, -0.25) is 10.1 Å². The highest BCUT2D eigenvalue weighted by Crippen LogP contribution is 2.44. The summed E-state index contributed by atoms with van der Waals surface area (Å²) >= 11 is 5.98. The zero-order chi connectivity index (χ0) is 21.1. The molecule has 1 aromatic carbocycles. The molecule has 28 heavy (non-hydrogen) atoms. The number of carbonyl (C=O) groups is 2. The van der Waals surface area contributed by atoms with Crippen LogP contribution in [-0.2, 0) is 9.53 Å². The Balaban J connectivity index is 2.41. The predicted molar refractivity (Wildman–Crippen MR) is 87.6 cm³/mol. The maximum Gasteiger partial charge on any atom is 0.400 e. The van der Waals surface area contributed by atoms with Gasteiger partial charge in [-0.1, -0.05) is 29.8 Å². The van der Waals surface area contributed by atoms with Crippen LogP contribution in [0.3, 0.4) is 0 Å². The number of halogens is 4. The topological polar surface area (TPSA) is 116 Å². The number of aliphatic hydroxyl groups is 1. The molecule has 1 N–H and O–H groups in total. The molecule has 8 nitrogen and oxygen atoms in total. The number of aliphatic hydroxyl groups excluding tert-OH is 1. The minimum atomic E-state index is -4.76. The SMILES string of the molecule is O=C(CO)OC(=O)c1cc(OC2(Cl)C=CC=CC2C(F)(F)F)ccc1[N+](=O)[O-]. The third-order valence-electron chi connectivity index (χ3n) is 3.51. The number of hydrogen-bond acceptors (Lipinski definition) is 7. The van der Waals surface area contributed by atoms with E-state index in [4.69, 9.17) is 21.4 Å². The van der Waals surface area contributed by atoms with Crippen molar-refractivity contribution in [3.63, 3.8) is 0 Å². The van der Waals surface area contributed by atoms with Crippen LogP contribution in [0.1, 0.15) is 10.4 Å². The lowest BCUT2D eigenvalue weighted by molar-refractivity contribution is -0.385. The first kappa shape index (κ1) is 21.4. The van der Waals surface area contributed by atoms with Gasteiger partial charge in [0.1, 0.15) is 23.8 Å². The molecule has 2 atom stereocenters. The fourth-order valence-corrected chi connectivity index (χ4v) is 2.66. The van der Waals surface area contributed by atoms with Crippen LogP contribution in [0.4, 0.5) is 18.9 Å². The second kappa shape index (κ2) is 7.98. The molecule has 0 bridgehead atoms. The van der Waals surface area contributed by atoms with Gasteiger partial charge in [0, 0.05) is 12.1 Å². The average Bonchev–Trinajstić information content (AvgIpc) is 2.60.